The number of piperidine rings is 1. The van der Waals surface area contributed by atoms with Gasteiger partial charge >= 0.3 is 6.09 Å². The molecule has 3 amide bonds. The summed E-state index contributed by atoms with van der Waals surface area (Å²) in [5.74, 6) is -0.816. The van der Waals surface area contributed by atoms with Crippen molar-refractivity contribution in [3.63, 3.8) is 0 Å². The van der Waals surface area contributed by atoms with E-state index in [0.717, 1.165) is 24.8 Å². The molecule has 3 fully saturated rings. The highest BCUT2D eigenvalue weighted by Crippen LogP contribution is 2.50. The third kappa shape index (κ3) is 6.01. The average Bonchev–Trinajstić information content (AvgIpc) is 3.73. The third-order valence-corrected chi connectivity index (χ3v) is 7.38. The largest absolute Gasteiger partial charge is 0.438 e. The van der Waals surface area contributed by atoms with Gasteiger partial charge in [-0.25, -0.2) is 4.79 Å². The number of halogens is 1. The average molecular weight is 487 g/mol. The Morgan fingerprint density at radius 3 is 2.68 bits per heavy atom. The zero-order valence-electron chi connectivity index (χ0n) is 19.4. The topological polar surface area (TPSA) is 120 Å². The van der Waals surface area contributed by atoms with Crippen LogP contribution in [0.5, 0.6) is 0 Å². The molecule has 0 aromatic heterocycles. The van der Waals surface area contributed by atoms with Crippen LogP contribution in [0.25, 0.3) is 0 Å². The number of alkyl carbamates (subject to hydrolysis) is 1. The number of nitriles is 1. The fourth-order valence-corrected chi connectivity index (χ4v) is 4.76. The van der Waals surface area contributed by atoms with E-state index in [4.69, 9.17) is 16.3 Å². The summed E-state index contributed by atoms with van der Waals surface area (Å²) in [6.07, 6.45) is 4.92. The molecule has 2 aliphatic carbocycles. The molecule has 2 saturated carbocycles. The Labute approximate surface area is 204 Å². The van der Waals surface area contributed by atoms with Crippen LogP contribution in [0.2, 0.25) is 5.02 Å². The Bertz CT molecular complexity index is 999. The van der Waals surface area contributed by atoms with Crippen molar-refractivity contribution in [2.75, 3.05) is 6.54 Å². The molecule has 3 aliphatic rings. The molecular weight excluding hydrogens is 456 g/mol. The highest BCUT2D eigenvalue weighted by atomic mass is 35.5. The van der Waals surface area contributed by atoms with Gasteiger partial charge in [-0.15, -0.1) is 0 Å². The molecule has 3 atom stereocenters. The smallest absolute Gasteiger partial charge is 0.408 e. The van der Waals surface area contributed by atoms with Gasteiger partial charge in [0.15, 0.2) is 0 Å². The lowest BCUT2D eigenvalue weighted by atomic mass is 9.91. The first-order chi connectivity index (χ1) is 16.2. The monoisotopic (exact) mass is 486 g/mol. The fraction of sp³-hybridized carbons (Fsp3) is 0.600. The maximum atomic E-state index is 13.1. The number of hydrogen-bond acceptors (Lipinski definition) is 5. The predicted molar refractivity (Wildman–Crippen MR) is 126 cm³/mol. The molecule has 0 bridgehead atoms. The van der Waals surface area contributed by atoms with Crippen molar-refractivity contribution in [1.29, 1.82) is 5.26 Å². The number of benzene rings is 1. The Morgan fingerprint density at radius 1 is 1.29 bits per heavy atom. The number of carbonyl (C=O) groups excluding carboxylic acids is 3. The second-order valence-electron chi connectivity index (χ2n) is 10.2. The van der Waals surface area contributed by atoms with E-state index >= 15 is 0 Å². The van der Waals surface area contributed by atoms with Gasteiger partial charge in [0.2, 0.25) is 11.8 Å². The fourth-order valence-electron chi connectivity index (χ4n) is 4.56. The van der Waals surface area contributed by atoms with Crippen molar-refractivity contribution in [2.24, 2.45) is 11.3 Å². The first-order valence-corrected chi connectivity index (χ1v) is 12.3. The number of rotatable bonds is 9. The van der Waals surface area contributed by atoms with E-state index in [-0.39, 0.29) is 23.7 Å². The van der Waals surface area contributed by atoms with E-state index in [1.54, 1.807) is 12.1 Å². The summed E-state index contributed by atoms with van der Waals surface area (Å²) in [5.41, 5.74) is 0.0918. The highest BCUT2D eigenvalue weighted by Gasteiger charge is 2.49. The van der Waals surface area contributed by atoms with Crippen molar-refractivity contribution in [3.8, 4) is 6.07 Å². The molecule has 1 saturated heterocycles. The molecule has 1 aromatic carbocycles. The minimum atomic E-state index is -0.828. The number of amides is 3. The highest BCUT2D eigenvalue weighted by molar-refractivity contribution is 6.30. The lowest BCUT2D eigenvalue weighted by Gasteiger charge is -2.26. The summed E-state index contributed by atoms with van der Waals surface area (Å²) >= 11 is 6.10. The Morgan fingerprint density at radius 2 is 2.06 bits per heavy atom. The number of nitrogens with zero attached hydrogens (tertiary/aromatic N) is 1. The predicted octanol–water partition coefficient (Wildman–Crippen LogP) is 3.54. The molecule has 0 spiro atoms. The standard InChI is InChI=1S/C25H31ClN4O4/c1-24(7-8-24)14-20(22(32)29-19(15-27)12-16-4-3-11-28-21(16)31)30-23(33)34-25(9-10-25)17-5-2-6-18(26)13-17/h2,5-6,13,16,19-20H,3-4,7-12,14H2,1H3,(H,28,31)(H,29,32)(H,30,33)/t16-,19-,20?/m0/s1. The molecule has 9 heteroatoms. The number of ether oxygens (including phenoxy) is 1. The first-order valence-electron chi connectivity index (χ1n) is 12.0. The van der Waals surface area contributed by atoms with Crippen LogP contribution in [0.3, 0.4) is 0 Å². The van der Waals surface area contributed by atoms with Gasteiger partial charge in [0.1, 0.15) is 17.7 Å². The van der Waals surface area contributed by atoms with Crippen molar-refractivity contribution in [3.05, 3.63) is 34.9 Å². The molecular formula is C25H31ClN4O4. The van der Waals surface area contributed by atoms with Gasteiger partial charge in [-0.1, -0.05) is 30.7 Å². The number of nitrogens with one attached hydrogen (secondary N) is 3. The molecule has 4 rings (SSSR count). The lowest BCUT2D eigenvalue weighted by molar-refractivity contribution is -0.128. The van der Waals surface area contributed by atoms with Gasteiger partial charge in [-0.2, -0.15) is 5.26 Å². The van der Waals surface area contributed by atoms with Gasteiger partial charge in [-0.05, 0) is 74.5 Å². The molecule has 1 heterocycles. The summed E-state index contributed by atoms with van der Waals surface area (Å²) in [6, 6.07) is 7.70. The van der Waals surface area contributed by atoms with Crippen LogP contribution in [0.1, 0.15) is 63.9 Å². The van der Waals surface area contributed by atoms with Crippen molar-refractivity contribution < 1.29 is 19.1 Å². The first kappa shape index (κ1) is 24.3. The van der Waals surface area contributed by atoms with E-state index in [1.807, 2.05) is 12.1 Å². The van der Waals surface area contributed by atoms with Crippen molar-refractivity contribution in [1.82, 2.24) is 16.0 Å². The van der Waals surface area contributed by atoms with Crippen LogP contribution in [0, 0.1) is 22.7 Å². The second kappa shape index (κ2) is 9.83. The summed E-state index contributed by atoms with van der Waals surface area (Å²) < 4.78 is 5.77. The van der Waals surface area contributed by atoms with E-state index < -0.39 is 29.7 Å². The molecule has 1 unspecified atom stereocenters. The minimum absolute atomic E-state index is 0.0229. The maximum absolute atomic E-state index is 13.1. The summed E-state index contributed by atoms with van der Waals surface area (Å²) in [4.78, 5) is 38.0. The van der Waals surface area contributed by atoms with Crippen LogP contribution in [0.4, 0.5) is 4.79 Å². The molecule has 182 valence electrons. The van der Waals surface area contributed by atoms with E-state index in [2.05, 4.69) is 28.9 Å². The molecule has 3 N–H and O–H groups in total. The Hall–Kier alpha value is -2.79. The van der Waals surface area contributed by atoms with Crippen LogP contribution in [-0.4, -0.2) is 36.5 Å². The zero-order chi connectivity index (χ0) is 24.3. The molecule has 1 aromatic rings. The Balaban J connectivity index is 1.39. The molecule has 1 aliphatic heterocycles. The molecule has 34 heavy (non-hydrogen) atoms. The Kier molecular flexibility index (Phi) is 7.04. The molecule has 8 nitrogen and oxygen atoms in total. The maximum Gasteiger partial charge on any atom is 0.408 e. The lowest BCUT2D eigenvalue weighted by Crippen LogP contribution is -2.51. The molecule has 0 radical (unpaired) electrons. The minimum Gasteiger partial charge on any atom is -0.438 e. The third-order valence-electron chi connectivity index (χ3n) is 7.14. The quantitative estimate of drug-likeness (QED) is 0.493. The zero-order valence-corrected chi connectivity index (χ0v) is 20.1. The van der Waals surface area contributed by atoms with Gasteiger partial charge in [0.05, 0.1) is 6.07 Å². The van der Waals surface area contributed by atoms with Crippen LogP contribution < -0.4 is 16.0 Å². The van der Waals surface area contributed by atoms with Gasteiger partial charge < -0.3 is 20.7 Å². The van der Waals surface area contributed by atoms with Gasteiger partial charge in [-0.3, -0.25) is 9.59 Å². The van der Waals surface area contributed by atoms with Crippen LogP contribution in [0.15, 0.2) is 24.3 Å². The summed E-state index contributed by atoms with van der Waals surface area (Å²) in [7, 11) is 0. The summed E-state index contributed by atoms with van der Waals surface area (Å²) in [5, 5.41) is 18.4. The normalized spacial score (nSPS) is 23.4. The second-order valence-corrected chi connectivity index (χ2v) is 10.6. The van der Waals surface area contributed by atoms with E-state index in [0.29, 0.717) is 37.3 Å². The van der Waals surface area contributed by atoms with Crippen LogP contribution >= 0.6 is 11.6 Å². The van der Waals surface area contributed by atoms with Gasteiger partial charge in [0, 0.05) is 17.5 Å². The summed E-state index contributed by atoms with van der Waals surface area (Å²) in [6.45, 7) is 2.71. The number of carbonyl (C=O) groups is 3. The van der Waals surface area contributed by atoms with Gasteiger partial charge in [0.25, 0.3) is 0 Å². The SMILES string of the molecule is CC1(CC(NC(=O)OC2(c3cccc(Cl)c3)CC2)C(=O)N[C@H](C#N)C[C@@H]2CCCNC2=O)CC1. The van der Waals surface area contributed by atoms with Crippen LogP contribution in [-0.2, 0) is 19.9 Å². The van der Waals surface area contributed by atoms with Crippen molar-refractivity contribution in [2.45, 2.75) is 76.0 Å². The van der Waals surface area contributed by atoms with E-state index in [1.165, 1.54) is 0 Å². The number of hydrogen-bond donors (Lipinski definition) is 3. The van der Waals surface area contributed by atoms with E-state index in [9.17, 15) is 19.6 Å². The van der Waals surface area contributed by atoms with Crippen molar-refractivity contribution >= 4 is 29.5 Å².